The Hall–Kier alpha value is -1.46. The lowest BCUT2D eigenvalue weighted by atomic mass is 10.1. The van der Waals surface area contributed by atoms with Gasteiger partial charge < -0.3 is 14.5 Å². The molecule has 0 aliphatic carbocycles. The average Bonchev–Trinajstić information content (AvgIpc) is 3.23. The van der Waals surface area contributed by atoms with Gasteiger partial charge in [-0.2, -0.15) is 0 Å². The topological polar surface area (TPSA) is 45.7 Å². The maximum absolute atomic E-state index is 12.7. The molecule has 2 atom stereocenters. The molecule has 0 unspecified atom stereocenters. The highest BCUT2D eigenvalue weighted by atomic mass is 16.5. The van der Waals surface area contributed by atoms with Gasteiger partial charge in [-0.1, -0.05) is 6.07 Å². The summed E-state index contributed by atoms with van der Waals surface area (Å²) in [5.74, 6) is 0.236. The summed E-state index contributed by atoms with van der Waals surface area (Å²) >= 11 is 0. The van der Waals surface area contributed by atoms with Crippen molar-refractivity contribution < 1.29 is 9.53 Å². The third kappa shape index (κ3) is 4.30. The minimum absolute atomic E-state index is 0.182. The van der Waals surface area contributed by atoms with Gasteiger partial charge in [0.1, 0.15) is 0 Å². The van der Waals surface area contributed by atoms with Crippen molar-refractivity contribution in [2.75, 3.05) is 33.3 Å². The van der Waals surface area contributed by atoms with Gasteiger partial charge in [-0.3, -0.25) is 9.78 Å². The molecule has 0 bridgehead atoms. The molecule has 1 aromatic rings. The fourth-order valence-corrected chi connectivity index (χ4v) is 3.71. The van der Waals surface area contributed by atoms with Crippen LogP contribution in [-0.2, 0) is 16.0 Å². The SMILES string of the molecule is CO[C@H]1C[C@@H](CN2CCCC2)N(C(=O)CCc2ccccn2)C1. The summed E-state index contributed by atoms with van der Waals surface area (Å²) < 4.78 is 5.52. The van der Waals surface area contributed by atoms with Crippen LogP contribution in [0.1, 0.15) is 31.4 Å². The molecule has 2 aliphatic rings. The molecule has 1 amide bonds. The van der Waals surface area contributed by atoms with Gasteiger partial charge in [0.25, 0.3) is 0 Å². The molecule has 1 aromatic heterocycles. The fraction of sp³-hybridized carbons (Fsp3) is 0.667. The molecule has 23 heavy (non-hydrogen) atoms. The third-order valence-electron chi connectivity index (χ3n) is 5.02. The zero-order valence-electron chi connectivity index (χ0n) is 14.0. The van der Waals surface area contributed by atoms with Crippen molar-refractivity contribution in [3.05, 3.63) is 30.1 Å². The maximum atomic E-state index is 12.7. The van der Waals surface area contributed by atoms with Crippen LogP contribution in [0.3, 0.4) is 0 Å². The number of likely N-dealkylation sites (tertiary alicyclic amines) is 2. The van der Waals surface area contributed by atoms with Crippen LogP contribution in [0.2, 0.25) is 0 Å². The fourth-order valence-electron chi connectivity index (χ4n) is 3.71. The summed E-state index contributed by atoms with van der Waals surface area (Å²) in [6.45, 7) is 4.07. The van der Waals surface area contributed by atoms with Crippen LogP contribution in [0.4, 0.5) is 0 Å². The Bertz CT molecular complexity index is 502. The van der Waals surface area contributed by atoms with Crippen molar-refractivity contribution in [1.82, 2.24) is 14.8 Å². The molecule has 0 saturated carbocycles. The number of aryl methyl sites for hydroxylation is 1. The van der Waals surface area contributed by atoms with E-state index in [1.54, 1.807) is 13.3 Å². The number of hydrogen-bond acceptors (Lipinski definition) is 4. The number of hydrogen-bond donors (Lipinski definition) is 0. The number of methoxy groups -OCH3 is 1. The highest BCUT2D eigenvalue weighted by Gasteiger charge is 2.36. The van der Waals surface area contributed by atoms with Crippen LogP contribution in [-0.4, -0.2) is 66.1 Å². The van der Waals surface area contributed by atoms with Crippen LogP contribution >= 0.6 is 0 Å². The second-order valence-electron chi connectivity index (χ2n) is 6.62. The predicted octanol–water partition coefficient (Wildman–Crippen LogP) is 1.73. The normalized spacial score (nSPS) is 25.2. The molecule has 3 rings (SSSR count). The number of carbonyl (C=O) groups excluding carboxylic acids is 1. The van der Waals surface area contributed by atoms with E-state index in [0.29, 0.717) is 18.9 Å². The lowest BCUT2D eigenvalue weighted by molar-refractivity contribution is -0.132. The lowest BCUT2D eigenvalue weighted by Crippen LogP contribution is -2.42. The number of pyridine rings is 1. The smallest absolute Gasteiger partial charge is 0.223 e. The van der Waals surface area contributed by atoms with Gasteiger partial charge >= 0.3 is 0 Å². The van der Waals surface area contributed by atoms with E-state index in [0.717, 1.165) is 25.2 Å². The summed E-state index contributed by atoms with van der Waals surface area (Å²) in [5, 5.41) is 0. The van der Waals surface area contributed by atoms with E-state index < -0.39 is 0 Å². The van der Waals surface area contributed by atoms with Crippen LogP contribution in [0.15, 0.2) is 24.4 Å². The van der Waals surface area contributed by atoms with E-state index in [1.165, 1.54) is 25.9 Å². The Morgan fingerprint density at radius 3 is 2.87 bits per heavy atom. The molecule has 0 radical (unpaired) electrons. The molecule has 5 heteroatoms. The Balaban J connectivity index is 1.56. The Morgan fingerprint density at radius 1 is 1.35 bits per heavy atom. The predicted molar refractivity (Wildman–Crippen MR) is 89.1 cm³/mol. The standard InChI is InChI=1S/C18H27N3O2/c1-23-17-12-16(13-20-10-4-5-11-20)21(14-17)18(22)8-7-15-6-2-3-9-19-15/h2-3,6,9,16-17H,4-5,7-8,10-14H2,1H3/t16-,17-/m0/s1. The number of carbonyl (C=O) groups is 1. The largest absolute Gasteiger partial charge is 0.380 e. The number of rotatable bonds is 6. The monoisotopic (exact) mass is 317 g/mol. The van der Waals surface area contributed by atoms with Crippen molar-refractivity contribution in [2.45, 2.75) is 44.2 Å². The first-order valence-electron chi connectivity index (χ1n) is 8.71. The van der Waals surface area contributed by atoms with E-state index in [9.17, 15) is 4.79 Å². The second kappa shape index (κ2) is 7.88. The molecule has 2 aliphatic heterocycles. The van der Waals surface area contributed by atoms with Gasteiger partial charge in [0.2, 0.25) is 5.91 Å². The van der Waals surface area contributed by atoms with Gasteiger partial charge in [0, 0.05) is 44.6 Å². The number of ether oxygens (including phenoxy) is 1. The molecule has 2 fully saturated rings. The third-order valence-corrected chi connectivity index (χ3v) is 5.02. The van der Waals surface area contributed by atoms with Crippen LogP contribution in [0.25, 0.3) is 0 Å². The molecule has 5 nitrogen and oxygen atoms in total. The number of amides is 1. The van der Waals surface area contributed by atoms with Gasteiger partial charge in [-0.15, -0.1) is 0 Å². The van der Waals surface area contributed by atoms with Gasteiger partial charge in [0.05, 0.1) is 6.10 Å². The lowest BCUT2D eigenvalue weighted by Gasteiger charge is -2.28. The van der Waals surface area contributed by atoms with Crippen molar-refractivity contribution >= 4 is 5.91 Å². The number of nitrogens with zero attached hydrogens (tertiary/aromatic N) is 3. The van der Waals surface area contributed by atoms with Crippen LogP contribution in [0.5, 0.6) is 0 Å². The molecular formula is C18H27N3O2. The van der Waals surface area contributed by atoms with E-state index in [2.05, 4.69) is 14.8 Å². The van der Waals surface area contributed by atoms with E-state index in [-0.39, 0.29) is 12.0 Å². The van der Waals surface area contributed by atoms with Crippen molar-refractivity contribution in [2.24, 2.45) is 0 Å². The van der Waals surface area contributed by atoms with E-state index in [1.807, 2.05) is 18.2 Å². The first kappa shape index (κ1) is 16.4. The van der Waals surface area contributed by atoms with E-state index >= 15 is 0 Å². The van der Waals surface area contributed by atoms with Gasteiger partial charge in [0.15, 0.2) is 0 Å². The van der Waals surface area contributed by atoms with Gasteiger partial charge in [-0.05, 0) is 50.9 Å². The molecule has 3 heterocycles. The summed E-state index contributed by atoms with van der Waals surface area (Å²) in [7, 11) is 1.75. The van der Waals surface area contributed by atoms with Crippen molar-refractivity contribution in [3.8, 4) is 0 Å². The molecular weight excluding hydrogens is 290 g/mol. The molecule has 0 spiro atoms. The Kier molecular flexibility index (Phi) is 5.62. The summed E-state index contributed by atoms with van der Waals surface area (Å²) in [4.78, 5) is 21.5. The number of aromatic nitrogens is 1. The van der Waals surface area contributed by atoms with Crippen molar-refractivity contribution in [3.63, 3.8) is 0 Å². The summed E-state index contributed by atoms with van der Waals surface area (Å²) in [6.07, 6.45) is 6.74. The molecule has 0 N–H and O–H groups in total. The minimum Gasteiger partial charge on any atom is -0.380 e. The average molecular weight is 317 g/mol. The molecule has 126 valence electrons. The first-order valence-corrected chi connectivity index (χ1v) is 8.71. The molecule has 2 saturated heterocycles. The first-order chi connectivity index (χ1) is 11.3. The summed E-state index contributed by atoms with van der Waals surface area (Å²) in [5.41, 5.74) is 0.986. The van der Waals surface area contributed by atoms with Crippen LogP contribution < -0.4 is 0 Å². The second-order valence-corrected chi connectivity index (χ2v) is 6.62. The van der Waals surface area contributed by atoms with Gasteiger partial charge in [-0.25, -0.2) is 0 Å². The quantitative estimate of drug-likeness (QED) is 0.801. The van der Waals surface area contributed by atoms with E-state index in [4.69, 9.17) is 4.74 Å². The zero-order chi connectivity index (χ0) is 16.1. The minimum atomic E-state index is 0.182. The van der Waals surface area contributed by atoms with Crippen molar-refractivity contribution in [1.29, 1.82) is 0 Å². The van der Waals surface area contributed by atoms with Crippen LogP contribution in [0, 0.1) is 0 Å². The zero-order valence-corrected chi connectivity index (χ0v) is 14.0. The Labute approximate surface area is 138 Å². The highest BCUT2D eigenvalue weighted by molar-refractivity contribution is 5.77. The highest BCUT2D eigenvalue weighted by Crippen LogP contribution is 2.23. The Morgan fingerprint density at radius 2 is 2.17 bits per heavy atom. The summed E-state index contributed by atoms with van der Waals surface area (Å²) in [6, 6.07) is 6.16. The molecule has 0 aromatic carbocycles. The maximum Gasteiger partial charge on any atom is 0.223 e.